The van der Waals surface area contributed by atoms with Crippen LogP contribution in [0, 0.1) is 29.6 Å². The van der Waals surface area contributed by atoms with E-state index in [1.165, 1.54) is 25.3 Å². The lowest BCUT2D eigenvalue weighted by Crippen LogP contribution is -2.49. The van der Waals surface area contributed by atoms with E-state index < -0.39 is 30.4 Å². The summed E-state index contributed by atoms with van der Waals surface area (Å²) in [5.41, 5.74) is 16.5. The van der Waals surface area contributed by atoms with Gasteiger partial charge in [-0.1, -0.05) is 94.6 Å². The number of ether oxygens (including phenoxy) is 4. The summed E-state index contributed by atoms with van der Waals surface area (Å²) in [6.45, 7) is 0.947. The van der Waals surface area contributed by atoms with E-state index in [0.717, 1.165) is 118 Å². The number of nitrogens with one attached hydrogen (secondary N) is 2. The van der Waals surface area contributed by atoms with Gasteiger partial charge in [-0.25, -0.2) is 0 Å². The van der Waals surface area contributed by atoms with E-state index in [9.17, 15) is 20.1 Å². The van der Waals surface area contributed by atoms with Gasteiger partial charge in [0.1, 0.15) is 36.1 Å². The van der Waals surface area contributed by atoms with E-state index in [-0.39, 0.29) is 54.5 Å². The second-order valence-electron chi connectivity index (χ2n) is 21.3. The highest BCUT2D eigenvalue weighted by Gasteiger charge is 2.53. The predicted octanol–water partition coefficient (Wildman–Crippen LogP) is 9.66. The Labute approximate surface area is 429 Å². The molecular formula is C59H63N3O8S2. The van der Waals surface area contributed by atoms with Crippen LogP contribution in [-0.4, -0.2) is 70.5 Å². The van der Waals surface area contributed by atoms with Crippen molar-refractivity contribution in [3.05, 3.63) is 129 Å². The molecule has 72 heavy (non-hydrogen) atoms. The number of phenols is 2. The number of benzene rings is 4. The molecule has 6 bridgehead atoms. The molecule has 10 unspecified atom stereocenters. The molecule has 13 heteroatoms. The van der Waals surface area contributed by atoms with E-state index in [4.69, 9.17) is 24.7 Å². The van der Waals surface area contributed by atoms with Gasteiger partial charge in [-0.15, -0.1) is 0 Å². The van der Waals surface area contributed by atoms with Gasteiger partial charge in [0.05, 0.1) is 23.8 Å². The van der Waals surface area contributed by atoms with Crippen molar-refractivity contribution in [1.82, 2.24) is 10.6 Å². The van der Waals surface area contributed by atoms with Crippen LogP contribution in [0.4, 0.5) is 0 Å². The van der Waals surface area contributed by atoms with E-state index in [2.05, 4.69) is 83.2 Å². The molecule has 4 aromatic carbocycles. The van der Waals surface area contributed by atoms with Crippen LogP contribution in [0.25, 0.3) is 17.2 Å². The lowest BCUT2D eigenvalue weighted by molar-refractivity contribution is -0.141. The number of aryl methyl sites for hydroxylation is 1. The van der Waals surface area contributed by atoms with Crippen LogP contribution >= 0.6 is 21.6 Å². The fourth-order valence-corrected chi connectivity index (χ4v) is 16.4. The topological polar surface area (TPSA) is 165 Å². The summed E-state index contributed by atoms with van der Waals surface area (Å²) in [4.78, 5) is 12.9. The van der Waals surface area contributed by atoms with Gasteiger partial charge in [0.25, 0.3) is 0 Å². The Morgan fingerprint density at radius 3 is 2.71 bits per heavy atom. The van der Waals surface area contributed by atoms with E-state index in [0.29, 0.717) is 29.9 Å². The Kier molecular flexibility index (Phi) is 13.0. The van der Waals surface area contributed by atoms with Gasteiger partial charge in [-0.2, -0.15) is 0 Å². The Bertz CT molecular complexity index is 2950. The third-order valence-electron chi connectivity index (χ3n) is 16.8. The Morgan fingerprint density at radius 2 is 1.85 bits per heavy atom. The number of dihydropyridines is 1. The van der Waals surface area contributed by atoms with Crippen LogP contribution in [0.15, 0.2) is 90.2 Å². The Balaban J connectivity index is 1.08. The highest BCUT2D eigenvalue weighted by Crippen LogP contribution is 2.64. The molecule has 0 radical (unpaired) electrons. The van der Waals surface area contributed by atoms with Crippen LogP contribution < -0.4 is 30.6 Å². The van der Waals surface area contributed by atoms with Crippen molar-refractivity contribution in [3.8, 4) is 51.7 Å². The van der Waals surface area contributed by atoms with Crippen molar-refractivity contribution in [3.63, 3.8) is 0 Å². The molecule has 5 aliphatic heterocycles. The number of aromatic hydroxyl groups is 2. The van der Waals surface area contributed by atoms with Gasteiger partial charge in [-0.3, -0.25) is 4.79 Å². The summed E-state index contributed by atoms with van der Waals surface area (Å²) >= 11 is 0. The molecule has 8 aliphatic rings. The Hall–Kier alpha value is -5.49. The zero-order valence-electron chi connectivity index (χ0n) is 40.7. The van der Waals surface area contributed by atoms with Crippen LogP contribution in [0.3, 0.4) is 0 Å². The maximum Gasteiger partial charge on any atom is 0.302 e. The van der Waals surface area contributed by atoms with Gasteiger partial charge >= 0.3 is 5.97 Å². The molecule has 1 saturated heterocycles. The van der Waals surface area contributed by atoms with E-state index in [1.807, 2.05) is 39.8 Å². The van der Waals surface area contributed by atoms with Crippen molar-refractivity contribution in [2.24, 2.45) is 23.5 Å². The maximum atomic E-state index is 12.9. The molecule has 4 aromatic rings. The quantitative estimate of drug-likeness (QED) is 0.0449. The fourth-order valence-electron chi connectivity index (χ4n) is 13.7. The summed E-state index contributed by atoms with van der Waals surface area (Å²) < 4.78 is 26.7. The summed E-state index contributed by atoms with van der Waals surface area (Å²) in [5.74, 6) is 10.9. The highest BCUT2D eigenvalue weighted by atomic mass is 33.1. The van der Waals surface area contributed by atoms with Gasteiger partial charge in [0.15, 0.2) is 18.3 Å². The molecule has 10 atom stereocenters. The molecule has 2 saturated carbocycles. The summed E-state index contributed by atoms with van der Waals surface area (Å²) in [6.07, 6.45) is 17.3. The number of rotatable bonds is 7. The molecule has 11 nitrogen and oxygen atoms in total. The number of hydrogen-bond acceptors (Lipinski definition) is 13. The average molecular weight is 1010 g/mol. The molecular weight excluding hydrogens is 943 g/mol. The van der Waals surface area contributed by atoms with Gasteiger partial charge in [0, 0.05) is 70.2 Å². The van der Waals surface area contributed by atoms with Crippen molar-refractivity contribution < 1.29 is 39.1 Å². The summed E-state index contributed by atoms with van der Waals surface area (Å²) in [7, 11) is 3.77. The summed E-state index contributed by atoms with van der Waals surface area (Å²) in [5, 5.41) is 41.3. The molecule has 3 aliphatic carbocycles. The lowest BCUT2D eigenvalue weighted by Gasteiger charge is -2.40. The van der Waals surface area contributed by atoms with Crippen molar-refractivity contribution in [2.75, 3.05) is 24.9 Å². The normalized spacial score (nSPS) is 29.6. The Morgan fingerprint density at radius 1 is 0.972 bits per heavy atom. The van der Waals surface area contributed by atoms with Crippen molar-refractivity contribution >= 4 is 33.6 Å². The minimum atomic E-state index is -0.675. The predicted molar refractivity (Wildman–Crippen MR) is 283 cm³/mol. The molecule has 0 aromatic heterocycles. The third kappa shape index (κ3) is 8.85. The summed E-state index contributed by atoms with van der Waals surface area (Å²) in [6, 6.07) is 20.4. The standard InChI is InChI=1S/C59H63N3O8S2/c1-33(64)67-29-46-43-15-16-44-53-38(24-40(65)26-50(53)68-32-63)28-59-22-21-37(27-59)41(14-13-34-7-3-2-4-8-34)42-18-20-52(60)62-47(42)12-6-10-36-25-49(66)56-45(54(36)57(46)70-58(43)55(44)59)17-19-48-51(69-56)31-72-71-30-35-9-5-11-39(23-35)61-48/h2-4,7-8,15-20,24-26,35,37,39,41,46,48,51-52,57,61-63,65-66H,5,9-11,13-14,21-23,27-32,60H2,1H3. The fraction of sp³-hybridized carbons (Fsp3) is 0.441. The maximum absolute atomic E-state index is 12.9. The number of esters is 1. The highest BCUT2D eigenvalue weighted by molar-refractivity contribution is 8.76. The number of phenolic OH excluding ortho intramolecular Hbond substituents is 2. The van der Waals surface area contributed by atoms with Gasteiger partial charge in [0.2, 0.25) is 0 Å². The monoisotopic (exact) mass is 1010 g/mol. The first kappa shape index (κ1) is 47.5. The van der Waals surface area contributed by atoms with Gasteiger partial charge < -0.3 is 50.6 Å². The lowest BCUT2D eigenvalue weighted by atomic mass is 9.64. The molecule has 3 fully saturated rings. The number of carbonyl (C=O) groups is 1. The second-order valence-corrected chi connectivity index (χ2v) is 23.8. The number of fused-ring (bicyclic) bond motifs is 11. The van der Waals surface area contributed by atoms with Crippen LogP contribution in [-0.2, 0) is 34.2 Å². The molecule has 7 N–H and O–H groups in total. The van der Waals surface area contributed by atoms with E-state index in [1.54, 1.807) is 6.07 Å². The molecule has 0 amide bonds. The van der Waals surface area contributed by atoms with Gasteiger partial charge in [-0.05, 0) is 127 Å². The van der Waals surface area contributed by atoms with Crippen LogP contribution in [0.2, 0.25) is 0 Å². The number of allylic oxidation sites excluding steroid dienone is 3. The minimum Gasteiger partial charge on any atom is -0.508 e. The van der Waals surface area contributed by atoms with Crippen LogP contribution in [0.1, 0.15) is 109 Å². The SMILES string of the molecule is CC(=O)OCC1c2ccc3c4c2OC1c1c(cc(O)c2c1C=CC1NC5CCCC(CSSCC1O2)C5)CC#CC1=C(C=CC(N)N1)C(CCc1ccccc1)C1CCC4(Cc2cc(O)cc(OCO)c2-3)C1. The smallest absolute Gasteiger partial charge is 0.302 e. The first-order valence-corrected chi connectivity index (χ1v) is 28.4. The third-order valence-corrected chi connectivity index (χ3v) is 19.4. The number of nitrogens with two attached hydrogens (primary N) is 1. The first-order valence-electron chi connectivity index (χ1n) is 25.9. The second kappa shape index (κ2) is 19.7. The number of aliphatic hydroxyl groups is 1. The molecule has 374 valence electrons. The molecule has 1 spiro atoms. The van der Waals surface area contributed by atoms with Crippen LogP contribution in [0.5, 0.6) is 28.7 Å². The van der Waals surface area contributed by atoms with Crippen molar-refractivity contribution in [2.45, 2.75) is 119 Å². The van der Waals surface area contributed by atoms with Crippen molar-refractivity contribution in [1.29, 1.82) is 0 Å². The number of hydrogen-bond donors (Lipinski definition) is 6. The molecule has 5 heterocycles. The zero-order chi connectivity index (χ0) is 49.1. The minimum absolute atomic E-state index is 0.0415. The largest absolute Gasteiger partial charge is 0.508 e. The number of aliphatic hydroxyl groups excluding tert-OH is 1. The zero-order valence-corrected chi connectivity index (χ0v) is 42.3. The van der Waals surface area contributed by atoms with E-state index >= 15 is 0 Å². The number of carbonyl (C=O) groups excluding carboxylic acids is 1. The average Bonchev–Trinajstić information content (AvgIpc) is 3.89. The molecule has 12 rings (SSSR count). The first-order chi connectivity index (χ1) is 35.1.